The molecule has 1 atom stereocenters. The number of ether oxygens (including phenoxy) is 2. The minimum Gasteiger partial charge on any atom is -0.496 e. The highest BCUT2D eigenvalue weighted by Crippen LogP contribution is 2.33. The van der Waals surface area contributed by atoms with Gasteiger partial charge in [0.15, 0.2) is 0 Å². The van der Waals surface area contributed by atoms with Crippen molar-refractivity contribution in [1.82, 2.24) is 5.32 Å². The van der Waals surface area contributed by atoms with E-state index in [4.69, 9.17) is 9.47 Å². The topological polar surface area (TPSA) is 47.6 Å². The fourth-order valence-electron chi connectivity index (χ4n) is 2.73. The predicted octanol–water partition coefficient (Wildman–Crippen LogP) is 4.48. The van der Waals surface area contributed by atoms with Gasteiger partial charge in [0.05, 0.1) is 19.8 Å². The van der Waals surface area contributed by atoms with E-state index < -0.39 is 18.1 Å². The Hall–Kier alpha value is -2.96. The van der Waals surface area contributed by atoms with Gasteiger partial charge in [-0.15, -0.1) is 0 Å². The normalized spacial score (nSPS) is 12.6. The molecule has 4 nitrogen and oxygen atoms in total. The van der Waals surface area contributed by atoms with E-state index >= 15 is 0 Å². The lowest BCUT2D eigenvalue weighted by Crippen LogP contribution is -2.42. The van der Waals surface area contributed by atoms with Crippen molar-refractivity contribution < 1.29 is 27.4 Å². The summed E-state index contributed by atoms with van der Waals surface area (Å²) in [5.41, 5.74) is 2.39. The summed E-state index contributed by atoms with van der Waals surface area (Å²) in [6.07, 6.45) is -0.954. The number of carbonyl (C=O) groups is 1. The number of halogens is 3. The molecule has 0 aliphatic rings. The summed E-state index contributed by atoms with van der Waals surface area (Å²) in [4.78, 5) is 11.1. The summed E-state index contributed by atoms with van der Waals surface area (Å²) in [6, 6.07) is 12.4. The van der Waals surface area contributed by atoms with Gasteiger partial charge in [0.1, 0.15) is 11.5 Å². The highest BCUT2D eigenvalue weighted by atomic mass is 19.4. The van der Waals surface area contributed by atoms with Crippen LogP contribution in [-0.2, 0) is 11.2 Å². The van der Waals surface area contributed by atoms with E-state index in [1.165, 1.54) is 21.1 Å². The standard InChI is InChI=1S/C21H22F3NO3/c1-14(25-20(26)21(22,23)24)11-16-12-18(27-2)17(19(13-16)28-3)10-9-15-7-5-4-6-8-15/h4-10,12-14H,11H2,1-3H3,(H,25,26). The Morgan fingerprint density at radius 2 is 1.64 bits per heavy atom. The SMILES string of the molecule is COc1cc(CC(C)NC(=O)C(F)(F)F)cc(OC)c1C=Cc1ccccc1. The molecule has 2 rings (SSSR count). The van der Waals surface area contributed by atoms with Crippen LogP contribution in [0.4, 0.5) is 13.2 Å². The van der Waals surface area contributed by atoms with Gasteiger partial charge < -0.3 is 14.8 Å². The molecule has 0 saturated heterocycles. The number of alkyl halides is 3. The van der Waals surface area contributed by atoms with Crippen molar-refractivity contribution in [1.29, 1.82) is 0 Å². The lowest BCUT2D eigenvalue weighted by atomic mass is 10.0. The molecule has 0 bridgehead atoms. The van der Waals surface area contributed by atoms with Gasteiger partial charge in [-0.3, -0.25) is 4.79 Å². The highest BCUT2D eigenvalue weighted by molar-refractivity contribution is 5.82. The molecule has 0 spiro atoms. The molecule has 0 aliphatic heterocycles. The third-order valence-electron chi connectivity index (χ3n) is 4.02. The smallest absolute Gasteiger partial charge is 0.471 e. The summed E-state index contributed by atoms with van der Waals surface area (Å²) < 4.78 is 48.1. The van der Waals surface area contributed by atoms with Crippen LogP contribution in [-0.4, -0.2) is 32.3 Å². The minimum absolute atomic E-state index is 0.192. The lowest BCUT2D eigenvalue weighted by molar-refractivity contribution is -0.174. The molecule has 0 fully saturated rings. The fraction of sp³-hybridized carbons (Fsp3) is 0.286. The van der Waals surface area contributed by atoms with Crippen molar-refractivity contribution >= 4 is 18.1 Å². The molecule has 0 radical (unpaired) electrons. The van der Waals surface area contributed by atoms with Gasteiger partial charge in [-0.25, -0.2) is 0 Å². The molecule has 28 heavy (non-hydrogen) atoms. The quantitative estimate of drug-likeness (QED) is 0.706. The minimum atomic E-state index is -4.91. The lowest BCUT2D eigenvalue weighted by Gasteiger charge is -2.18. The first-order chi connectivity index (χ1) is 13.2. The number of benzene rings is 2. The van der Waals surface area contributed by atoms with Crippen molar-refractivity contribution in [2.24, 2.45) is 0 Å². The average molecular weight is 393 g/mol. The van der Waals surface area contributed by atoms with E-state index in [0.29, 0.717) is 22.6 Å². The van der Waals surface area contributed by atoms with Crippen LogP contribution in [0, 0.1) is 0 Å². The Kier molecular flexibility index (Phi) is 7.09. The van der Waals surface area contributed by atoms with E-state index in [0.717, 1.165) is 5.56 Å². The summed E-state index contributed by atoms with van der Waals surface area (Å²) in [5.74, 6) is -0.909. The molecule has 2 aromatic carbocycles. The molecule has 7 heteroatoms. The summed E-state index contributed by atoms with van der Waals surface area (Å²) in [6.45, 7) is 1.51. The van der Waals surface area contributed by atoms with Crippen molar-refractivity contribution in [3.05, 3.63) is 59.2 Å². The highest BCUT2D eigenvalue weighted by Gasteiger charge is 2.39. The molecule has 0 heterocycles. The zero-order valence-corrected chi connectivity index (χ0v) is 15.8. The van der Waals surface area contributed by atoms with Gasteiger partial charge in [-0.05, 0) is 42.7 Å². The molecule has 0 aliphatic carbocycles. The van der Waals surface area contributed by atoms with E-state index in [2.05, 4.69) is 0 Å². The molecule has 1 N–H and O–H groups in total. The van der Waals surface area contributed by atoms with Crippen LogP contribution in [0.1, 0.15) is 23.6 Å². The Morgan fingerprint density at radius 3 is 2.14 bits per heavy atom. The molecule has 1 unspecified atom stereocenters. The van der Waals surface area contributed by atoms with Gasteiger partial charge in [0.2, 0.25) is 0 Å². The largest absolute Gasteiger partial charge is 0.496 e. The first-order valence-electron chi connectivity index (χ1n) is 8.60. The Balaban J connectivity index is 2.24. The third-order valence-corrected chi connectivity index (χ3v) is 4.02. The Morgan fingerprint density at radius 1 is 1.07 bits per heavy atom. The van der Waals surface area contributed by atoms with Crippen LogP contribution in [0.25, 0.3) is 12.2 Å². The Labute approximate surface area is 162 Å². The van der Waals surface area contributed by atoms with Crippen LogP contribution in [0.15, 0.2) is 42.5 Å². The molecule has 2 aromatic rings. The summed E-state index contributed by atoms with van der Waals surface area (Å²) in [5, 5.41) is 1.94. The maximum Gasteiger partial charge on any atom is 0.471 e. The van der Waals surface area contributed by atoms with Gasteiger partial charge in [-0.2, -0.15) is 13.2 Å². The van der Waals surface area contributed by atoms with E-state index in [1.54, 1.807) is 12.1 Å². The van der Waals surface area contributed by atoms with E-state index in [-0.39, 0.29) is 6.42 Å². The maximum absolute atomic E-state index is 12.4. The molecule has 1 amide bonds. The number of carbonyl (C=O) groups excluding carboxylic acids is 1. The molecule has 0 aromatic heterocycles. The molecular formula is C21H22F3NO3. The zero-order valence-electron chi connectivity index (χ0n) is 15.8. The monoisotopic (exact) mass is 393 g/mol. The number of hydrogen-bond acceptors (Lipinski definition) is 3. The average Bonchev–Trinajstić information content (AvgIpc) is 2.66. The molecule has 0 saturated carbocycles. The van der Waals surface area contributed by atoms with Crippen molar-refractivity contribution in [2.75, 3.05) is 14.2 Å². The van der Waals surface area contributed by atoms with Gasteiger partial charge in [0, 0.05) is 6.04 Å². The fourth-order valence-corrected chi connectivity index (χ4v) is 2.73. The third kappa shape index (κ3) is 5.77. The molecule has 150 valence electrons. The second-order valence-electron chi connectivity index (χ2n) is 6.23. The van der Waals surface area contributed by atoms with Gasteiger partial charge in [0.25, 0.3) is 0 Å². The summed E-state index contributed by atoms with van der Waals surface area (Å²) >= 11 is 0. The van der Waals surface area contributed by atoms with Crippen molar-refractivity contribution in [2.45, 2.75) is 25.6 Å². The van der Waals surface area contributed by atoms with Gasteiger partial charge >= 0.3 is 12.1 Å². The van der Waals surface area contributed by atoms with Crippen LogP contribution in [0.2, 0.25) is 0 Å². The van der Waals surface area contributed by atoms with Crippen LogP contribution >= 0.6 is 0 Å². The Bertz CT molecular complexity index is 808. The van der Waals surface area contributed by atoms with Crippen molar-refractivity contribution in [3.8, 4) is 11.5 Å². The maximum atomic E-state index is 12.4. The second-order valence-corrected chi connectivity index (χ2v) is 6.23. The van der Waals surface area contributed by atoms with Crippen LogP contribution in [0.5, 0.6) is 11.5 Å². The number of methoxy groups -OCH3 is 2. The zero-order chi connectivity index (χ0) is 20.7. The van der Waals surface area contributed by atoms with E-state index in [1.807, 2.05) is 47.8 Å². The van der Waals surface area contributed by atoms with E-state index in [9.17, 15) is 18.0 Å². The first-order valence-corrected chi connectivity index (χ1v) is 8.60. The van der Waals surface area contributed by atoms with Crippen LogP contribution in [0.3, 0.4) is 0 Å². The summed E-state index contributed by atoms with van der Waals surface area (Å²) in [7, 11) is 3.01. The van der Waals surface area contributed by atoms with Gasteiger partial charge in [-0.1, -0.05) is 36.4 Å². The van der Waals surface area contributed by atoms with Crippen molar-refractivity contribution in [3.63, 3.8) is 0 Å². The first kappa shape index (κ1) is 21.3. The number of amides is 1. The molecular weight excluding hydrogens is 371 g/mol. The van der Waals surface area contributed by atoms with Crippen LogP contribution < -0.4 is 14.8 Å². The number of hydrogen-bond donors (Lipinski definition) is 1. The second kappa shape index (κ2) is 9.30. The number of nitrogens with one attached hydrogen (secondary N) is 1. The predicted molar refractivity (Wildman–Crippen MR) is 102 cm³/mol. The number of rotatable bonds is 7.